The number of nitrogen functional groups attached to an aromatic ring is 1. The van der Waals surface area contributed by atoms with Crippen LogP contribution in [0.1, 0.15) is 30.9 Å². The molecular weight excluding hydrogens is 150 g/mol. The Morgan fingerprint density at radius 1 is 1.58 bits per heavy atom. The molecule has 0 amide bonds. The van der Waals surface area contributed by atoms with E-state index in [4.69, 9.17) is 11.0 Å². The smallest absolute Gasteiger partial charge is 0.141 e. The monoisotopic (exact) mass is 161 g/mol. The molecule has 3 nitrogen and oxygen atoms in total. The number of pyridine rings is 1. The van der Waals surface area contributed by atoms with Crippen molar-refractivity contribution in [2.24, 2.45) is 0 Å². The molecule has 0 aliphatic rings. The van der Waals surface area contributed by atoms with Gasteiger partial charge >= 0.3 is 0 Å². The van der Waals surface area contributed by atoms with Gasteiger partial charge in [0, 0.05) is 6.20 Å². The Morgan fingerprint density at radius 3 is 2.67 bits per heavy atom. The van der Waals surface area contributed by atoms with Gasteiger partial charge in [-0.1, -0.05) is 13.8 Å². The zero-order valence-corrected chi connectivity index (χ0v) is 7.20. The van der Waals surface area contributed by atoms with Gasteiger partial charge in [-0.05, 0) is 17.5 Å². The molecule has 0 radical (unpaired) electrons. The number of nitrogens with two attached hydrogens (primary N) is 1. The van der Waals surface area contributed by atoms with E-state index in [1.54, 1.807) is 6.20 Å². The van der Waals surface area contributed by atoms with Crippen LogP contribution in [0.15, 0.2) is 12.3 Å². The molecule has 62 valence electrons. The lowest BCUT2D eigenvalue weighted by atomic mass is 9.99. The summed E-state index contributed by atoms with van der Waals surface area (Å²) < 4.78 is 0. The van der Waals surface area contributed by atoms with Crippen LogP contribution in [0.3, 0.4) is 0 Å². The average Bonchev–Trinajstić information content (AvgIpc) is 2.03. The van der Waals surface area contributed by atoms with Gasteiger partial charge in [0.25, 0.3) is 0 Å². The normalized spacial score (nSPS) is 9.83. The predicted molar refractivity (Wildman–Crippen MR) is 47.5 cm³/mol. The number of nitrogens with zero attached hydrogens (tertiary/aromatic N) is 2. The Balaban J connectivity index is 3.30. The number of anilines is 1. The molecule has 0 aliphatic carbocycles. The molecule has 0 saturated carbocycles. The van der Waals surface area contributed by atoms with E-state index in [9.17, 15) is 0 Å². The van der Waals surface area contributed by atoms with Crippen molar-refractivity contribution in [2.75, 3.05) is 5.73 Å². The van der Waals surface area contributed by atoms with Gasteiger partial charge in [-0.3, -0.25) is 0 Å². The Bertz CT molecular complexity index is 323. The van der Waals surface area contributed by atoms with Gasteiger partial charge in [-0.25, -0.2) is 4.98 Å². The molecule has 1 aromatic rings. The molecule has 2 N–H and O–H groups in total. The summed E-state index contributed by atoms with van der Waals surface area (Å²) in [6.45, 7) is 4.05. The Labute approximate surface area is 71.8 Å². The van der Waals surface area contributed by atoms with Gasteiger partial charge in [0.05, 0.1) is 5.56 Å². The highest BCUT2D eigenvalue weighted by Gasteiger charge is 2.08. The molecule has 0 aromatic carbocycles. The summed E-state index contributed by atoms with van der Waals surface area (Å²) in [5.41, 5.74) is 7.01. The van der Waals surface area contributed by atoms with Gasteiger partial charge in [0.15, 0.2) is 0 Å². The van der Waals surface area contributed by atoms with E-state index < -0.39 is 0 Å². The minimum Gasteiger partial charge on any atom is -0.383 e. The largest absolute Gasteiger partial charge is 0.383 e. The van der Waals surface area contributed by atoms with Crippen molar-refractivity contribution in [1.82, 2.24) is 4.98 Å². The lowest BCUT2D eigenvalue weighted by Gasteiger charge is -2.07. The third-order valence-electron chi connectivity index (χ3n) is 1.75. The van der Waals surface area contributed by atoms with E-state index in [0.717, 1.165) is 5.56 Å². The molecule has 0 atom stereocenters. The first-order valence-electron chi connectivity index (χ1n) is 3.81. The summed E-state index contributed by atoms with van der Waals surface area (Å²) in [5.74, 6) is 0.633. The number of hydrogen-bond acceptors (Lipinski definition) is 3. The summed E-state index contributed by atoms with van der Waals surface area (Å²) in [6, 6.07) is 3.89. The van der Waals surface area contributed by atoms with Crippen molar-refractivity contribution in [3.05, 3.63) is 23.4 Å². The summed E-state index contributed by atoms with van der Waals surface area (Å²) in [5, 5.41) is 8.78. The summed E-state index contributed by atoms with van der Waals surface area (Å²) in [4.78, 5) is 3.85. The topological polar surface area (TPSA) is 62.7 Å². The SMILES string of the molecule is CC(C)c1ccnc(N)c1C#N. The predicted octanol–water partition coefficient (Wildman–Crippen LogP) is 1.66. The lowest BCUT2D eigenvalue weighted by molar-refractivity contribution is 0.859. The maximum atomic E-state index is 8.78. The zero-order chi connectivity index (χ0) is 9.14. The third-order valence-corrected chi connectivity index (χ3v) is 1.75. The van der Waals surface area contributed by atoms with Crippen LogP contribution in [0.5, 0.6) is 0 Å². The lowest BCUT2D eigenvalue weighted by Crippen LogP contribution is -2.00. The van der Waals surface area contributed by atoms with Crippen molar-refractivity contribution in [3.63, 3.8) is 0 Å². The molecule has 3 heteroatoms. The van der Waals surface area contributed by atoms with Crippen LogP contribution in [-0.2, 0) is 0 Å². The van der Waals surface area contributed by atoms with E-state index in [1.165, 1.54) is 0 Å². The van der Waals surface area contributed by atoms with Crippen molar-refractivity contribution in [2.45, 2.75) is 19.8 Å². The molecule has 0 aliphatic heterocycles. The quantitative estimate of drug-likeness (QED) is 0.681. The van der Waals surface area contributed by atoms with E-state index in [2.05, 4.69) is 11.1 Å². The first kappa shape index (κ1) is 8.54. The third kappa shape index (κ3) is 1.37. The molecule has 1 aromatic heterocycles. The fourth-order valence-corrected chi connectivity index (χ4v) is 1.10. The van der Waals surface area contributed by atoms with Crippen molar-refractivity contribution < 1.29 is 0 Å². The number of nitriles is 1. The van der Waals surface area contributed by atoms with Crippen LogP contribution >= 0.6 is 0 Å². The van der Waals surface area contributed by atoms with Crippen molar-refractivity contribution in [1.29, 1.82) is 5.26 Å². The summed E-state index contributed by atoms with van der Waals surface area (Å²) in [6.07, 6.45) is 1.63. The second-order valence-electron chi connectivity index (χ2n) is 2.93. The van der Waals surface area contributed by atoms with Crippen molar-refractivity contribution >= 4 is 5.82 Å². The molecule has 0 saturated heterocycles. The van der Waals surface area contributed by atoms with Crippen LogP contribution in [0.4, 0.5) is 5.82 Å². The summed E-state index contributed by atoms with van der Waals surface area (Å²) in [7, 11) is 0. The standard InChI is InChI=1S/C9H11N3/c1-6(2)7-3-4-12-9(11)8(7)5-10/h3-4,6H,1-2H3,(H2,11,12). The molecule has 0 fully saturated rings. The first-order chi connectivity index (χ1) is 5.66. The highest BCUT2D eigenvalue weighted by Crippen LogP contribution is 2.21. The number of hydrogen-bond donors (Lipinski definition) is 1. The minimum absolute atomic E-state index is 0.310. The Morgan fingerprint density at radius 2 is 2.25 bits per heavy atom. The van der Waals surface area contributed by atoms with Crippen LogP contribution in [0.2, 0.25) is 0 Å². The van der Waals surface area contributed by atoms with E-state index in [-0.39, 0.29) is 0 Å². The molecule has 1 rings (SSSR count). The maximum Gasteiger partial charge on any atom is 0.141 e. The second-order valence-corrected chi connectivity index (χ2v) is 2.93. The average molecular weight is 161 g/mol. The van der Waals surface area contributed by atoms with Crippen LogP contribution < -0.4 is 5.73 Å². The van der Waals surface area contributed by atoms with Gasteiger partial charge in [-0.2, -0.15) is 5.26 Å². The number of rotatable bonds is 1. The van der Waals surface area contributed by atoms with Gasteiger partial charge in [0.2, 0.25) is 0 Å². The summed E-state index contributed by atoms with van der Waals surface area (Å²) >= 11 is 0. The fourth-order valence-electron chi connectivity index (χ4n) is 1.10. The van der Waals surface area contributed by atoms with Crippen LogP contribution in [-0.4, -0.2) is 4.98 Å². The van der Waals surface area contributed by atoms with E-state index in [1.807, 2.05) is 19.9 Å². The van der Waals surface area contributed by atoms with Crippen molar-refractivity contribution in [3.8, 4) is 6.07 Å². The van der Waals surface area contributed by atoms with Gasteiger partial charge in [-0.15, -0.1) is 0 Å². The highest BCUT2D eigenvalue weighted by molar-refractivity contribution is 5.53. The minimum atomic E-state index is 0.310. The van der Waals surface area contributed by atoms with Crippen LogP contribution in [0.25, 0.3) is 0 Å². The Hall–Kier alpha value is -1.56. The molecule has 0 spiro atoms. The van der Waals surface area contributed by atoms with Crippen LogP contribution in [0, 0.1) is 11.3 Å². The maximum absolute atomic E-state index is 8.78. The first-order valence-corrected chi connectivity index (χ1v) is 3.81. The van der Waals surface area contributed by atoms with E-state index >= 15 is 0 Å². The Kier molecular flexibility index (Phi) is 2.29. The number of aromatic nitrogens is 1. The molecule has 0 bridgehead atoms. The van der Waals surface area contributed by atoms with Gasteiger partial charge < -0.3 is 5.73 Å². The zero-order valence-electron chi connectivity index (χ0n) is 7.20. The van der Waals surface area contributed by atoms with E-state index in [0.29, 0.717) is 17.3 Å². The fraction of sp³-hybridized carbons (Fsp3) is 0.333. The molecule has 12 heavy (non-hydrogen) atoms. The molecule has 1 heterocycles. The molecule has 0 unspecified atom stereocenters. The molecular formula is C9H11N3. The highest BCUT2D eigenvalue weighted by atomic mass is 14.8. The van der Waals surface area contributed by atoms with Gasteiger partial charge in [0.1, 0.15) is 11.9 Å². The second kappa shape index (κ2) is 3.22.